The lowest BCUT2D eigenvalue weighted by Gasteiger charge is -2.13. The van der Waals surface area contributed by atoms with Gasteiger partial charge in [0.15, 0.2) is 5.82 Å². The Balaban J connectivity index is 1.46. The Hall–Kier alpha value is -4.35. The zero-order valence-corrected chi connectivity index (χ0v) is 24.1. The van der Waals surface area contributed by atoms with E-state index in [1.165, 1.54) is 34.8 Å². The predicted octanol–water partition coefficient (Wildman–Crippen LogP) is 8.06. The Bertz CT molecular complexity index is 1660. The van der Waals surface area contributed by atoms with Crippen molar-refractivity contribution in [2.75, 3.05) is 10.6 Å². The van der Waals surface area contributed by atoms with Crippen LogP contribution in [0.15, 0.2) is 89.6 Å². The number of amides is 2. The Morgan fingerprint density at radius 3 is 1.90 bits per heavy atom. The molecule has 0 aliphatic rings. The number of rotatable bonds is 9. The summed E-state index contributed by atoms with van der Waals surface area (Å²) in [6.45, 7) is 0. The second-order valence-corrected chi connectivity index (χ2v) is 11.0. The van der Waals surface area contributed by atoms with Crippen LogP contribution in [0.1, 0.15) is 9.75 Å². The molecule has 204 valence electrons. The van der Waals surface area contributed by atoms with Crippen LogP contribution in [0.4, 0.5) is 11.9 Å². The number of carbonyl (C=O) groups excluding carboxylic acids is 2. The third kappa shape index (κ3) is 7.86. The molecule has 2 aromatic carbocycles. The van der Waals surface area contributed by atoms with Gasteiger partial charge in [-0.1, -0.05) is 47.5 Å². The van der Waals surface area contributed by atoms with E-state index in [1.807, 2.05) is 35.0 Å². The normalized spacial score (nSPS) is 11.2. The summed E-state index contributed by atoms with van der Waals surface area (Å²) in [7, 11) is 0. The topological polar surface area (TPSA) is 106 Å². The molecule has 12 heteroatoms. The first-order valence-corrected chi connectivity index (χ1v) is 14.5. The van der Waals surface area contributed by atoms with Gasteiger partial charge in [0, 0.05) is 26.9 Å². The number of thiophene rings is 2. The minimum Gasteiger partial charge on any atom is -0.455 e. The van der Waals surface area contributed by atoms with Crippen LogP contribution in [-0.2, 0) is 9.59 Å². The van der Waals surface area contributed by atoms with E-state index in [4.69, 9.17) is 27.9 Å². The second kappa shape index (κ2) is 13.3. The Kier molecular flexibility index (Phi) is 9.17. The lowest BCUT2D eigenvalue weighted by atomic mass is 10.2. The van der Waals surface area contributed by atoms with Crippen molar-refractivity contribution in [3.05, 3.63) is 109 Å². The third-order valence-electron chi connectivity index (χ3n) is 5.23. The molecule has 5 rings (SSSR count). The number of para-hydroxylation sites is 1. The molecule has 0 aliphatic heterocycles. The standard InChI is InChI=1S/C29H19Cl2N5O3S2/c30-18-9-12-24(22(31)17-18)39-23-8-2-1-7-21(23)27-34-28(32-25(37)13-10-19-5-3-15-40-19)36-29(35-27)33-26(38)14-11-20-6-4-16-41-20/h1-17H,(H2,32,33,34,35,36,37,38). The summed E-state index contributed by atoms with van der Waals surface area (Å²) in [5.41, 5.74) is 0.468. The van der Waals surface area contributed by atoms with Crippen LogP contribution in [0.5, 0.6) is 11.5 Å². The highest BCUT2D eigenvalue weighted by atomic mass is 35.5. The maximum absolute atomic E-state index is 12.7. The second-order valence-electron chi connectivity index (χ2n) is 8.16. The molecule has 3 aromatic heterocycles. The van der Waals surface area contributed by atoms with Gasteiger partial charge in [0.2, 0.25) is 11.9 Å². The van der Waals surface area contributed by atoms with E-state index >= 15 is 0 Å². The van der Waals surface area contributed by atoms with Gasteiger partial charge in [0.1, 0.15) is 11.5 Å². The number of hydrogen-bond acceptors (Lipinski definition) is 8. The number of carbonyl (C=O) groups is 2. The Morgan fingerprint density at radius 2 is 1.34 bits per heavy atom. The molecule has 0 aliphatic carbocycles. The molecule has 0 saturated carbocycles. The van der Waals surface area contributed by atoms with Crippen molar-refractivity contribution in [1.82, 2.24) is 15.0 Å². The molecule has 0 spiro atoms. The molecule has 0 saturated heterocycles. The number of nitrogens with zero attached hydrogens (tertiary/aromatic N) is 3. The molecule has 2 N–H and O–H groups in total. The molecule has 0 atom stereocenters. The number of halogens is 2. The maximum Gasteiger partial charge on any atom is 0.250 e. The summed E-state index contributed by atoms with van der Waals surface area (Å²) in [4.78, 5) is 40.2. The minimum atomic E-state index is -0.456. The largest absolute Gasteiger partial charge is 0.455 e. The molecule has 0 fully saturated rings. The van der Waals surface area contributed by atoms with Crippen LogP contribution in [-0.4, -0.2) is 26.8 Å². The van der Waals surface area contributed by atoms with Gasteiger partial charge in [-0.25, -0.2) is 0 Å². The fourth-order valence-electron chi connectivity index (χ4n) is 3.42. The molecule has 0 radical (unpaired) electrons. The van der Waals surface area contributed by atoms with Crippen LogP contribution in [0.3, 0.4) is 0 Å². The van der Waals surface area contributed by atoms with Crippen molar-refractivity contribution >= 4 is 81.7 Å². The number of aromatic nitrogens is 3. The van der Waals surface area contributed by atoms with Gasteiger partial charge in [0.25, 0.3) is 11.8 Å². The fraction of sp³-hybridized carbons (Fsp3) is 0. The van der Waals surface area contributed by atoms with Gasteiger partial charge in [0.05, 0.1) is 10.6 Å². The summed E-state index contributed by atoms with van der Waals surface area (Å²) in [6.07, 6.45) is 6.10. The van der Waals surface area contributed by atoms with Gasteiger partial charge < -0.3 is 4.74 Å². The summed E-state index contributed by atoms with van der Waals surface area (Å²) in [5.74, 6) is -0.133. The fourth-order valence-corrected chi connectivity index (χ4v) is 5.10. The molecule has 2 amide bonds. The van der Waals surface area contributed by atoms with Crippen LogP contribution in [0.25, 0.3) is 23.5 Å². The number of nitrogens with one attached hydrogen (secondary N) is 2. The van der Waals surface area contributed by atoms with E-state index in [-0.39, 0.29) is 17.7 Å². The highest BCUT2D eigenvalue weighted by Crippen LogP contribution is 2.36. The first kappa shape index (κ1) is 28.2. The number of hydrogen-bond donors (Lipinski definition) is 2. The summed E-state index contributed by atoms with van der Waals surface area (Å²) in [6, 6.07) is 19.4. The summed E-state index contributed by atoms with van der Waals surface area (Å²) >= 11 is 15.3. The SMILES string of the molecule is O=C(C=Cc1cccs1)Nc1nc(NC(=O)C=Cc2cccs2)nc(-c2ccccc2Oc2ccc(Cl)cc2Cl)n1. The number of anilines is 2. The highest BCUT2D eigenvalue weighted by molar-refractivity contribution is 7.11. The van der Waals surface area contributed by atoms with Crippen molar-refractivity contribution in [3.63, 3.8) is 0 Å². The average Bonchev–Trinajstić information content (AvgIpc) is 3.67. The van der Waals surface area contributed by atoms with Crippen LogP contribution in [0, 0.1) is 0 Å². The van der Waals surface area contributed by atoms with Gasteiger partial charge in [-0.15, -0.1) is 22.7 Å². The monoisotopic (exact) mass is 619 g/mol. The van der Waals surface area contributed by atoms with Crippen molar-refractivity contribution in [1.29, 1.82) is 0 Å². The van der Waals surface area contributed by atoms with Crippen molar-refractivity contribution in [2.45, 2.75) is 0 Å². The van der Waals surface area contributed by atoms with E-state index in [1.54, 1.807) is 54.6 Å². The number of benzene rings is 2. The van der Waals surface area contributed by atoms with E-state index < -0.39 is 11.8 Å². The molecule has 0 unspecified atom stereocenters. The first-order chi connectivity index (χ1) is 19.9. The molecule has 5 aromatic rings. The molecular weight excluding hydrogens is 601 g/mol. The zero-order chi connectivity index (χ0) is 28.6. The number of ether oxygens (including phenoxy) is 1. The molecule has 41 heavy (non-hydrogen) atoms. The quantitative estimate of drug-likeness (QED) is 0.162. The van der Waals surface area contributed by atoms with E-state index in [9.17, 15) is 9.59 Å². The molecule has 0 bridgehead atoms. The first-order valence-electron chi connectivity index (χ1n) is 12.0. The van der Waals surface area contributed by atoms with Crippen molar-refractivity contribution in [2.24, 2.45) is 0 Å². The Morgan fingerprint density at radius 1 is 0.732 bits per heavy atom. The maximum atomic E-state index is 12.7. The van der Waals surface area contributed by atoms with E-state index in [0.717, 1.165) is 9.75 Å². The van der Waals surface area contributed by atoms with Gasteiger partial charge in [-0.05, 0) is 65.4 Å². The van der Waals surface area contributed by atoms with E-state index in [2.05, 4.69) is 25.6 Å². The molecule has 3 heterocycles. The van der Waals surface area contributed by atoms with Crippen LogP contribution >= 0.6 is 45.9 Å². The lowest BCUT2D eigenvalue weighted by Crippen LogP contribution is -2.16. The van der Waals surface area contributed by atoms with Gasteiger partial charge >= 0.3 is 0 Å². The van der Waals surface area contributed by atoms with Crippen molar-refractivity contribution in [3.8, 4) is 22.9 Å². The smallest absolute Gasteiger partial charge is 0.250 e. The molecular formula is C29H19Cl2N5O3S2. The van der Waals surface area contributed by atoms with Crippen LogP contribution < -0.4 is 15.4 Å². The third-order valence-corrected chi connectivity index (χ3v) is 7.44. The Labute approximate surface area is 253 Å². The average molecular weight is 621 g/mol. The molecule has 8 nitrogen and oxygen atoms in total. The van der Waals surface area contributed by atoms with Gasteiger partial charge in [-0.3, -0.25) is 20.2 Å². The van der Waals surface area contributed by atoms with Crippen molar-refractivity contribution < 1.29 is 14.3 Å². The zero-order valence-electron chi connectivity index (χ0n) is 21.0. The van der Waals surface area contributed by atoms with E-state index in [0.29, 0.717) is 27.1 Å². The lowest BCUT2D eigenvalue weighted by molar-refractivity contribution is -0.112. The summed E-state index contributed by atoms with van der Waals surface area (Å²) < 4.78 is 6.07. The minimum absolute atomic E-state index is 0.0623. The van der Waals surface area contributed by atoms with Crippen LogP contribution in [0.2, 0.25) is 10.0 Å². The summed E-state index contributed by atoms with van der Waals surface area (Å²) in [5, 5.41) is 9.89. The highest BCUT2D eigenvalue weighted by Gasteiger charge is 2.16. The van der Waals surface area contributed by atoms with Gasteiger partial charge in [-0.2, -0.15) is 15.0 Å². The predicted molar refractivity (Wildman–Crippen MR) is 166 cm³/mol.